The molecular formula is C25H29N7O. The van der Waals surface area contributed by atoms with E-state index < -0.39 is 0 Å². The highest BCUT2D eigenvalue weighted by atomic mass is 16.3. The first-order chi connectivity index (χ1) is 16.0. The van der Waals surface area contributed by atoms with Crippen LogP contribution in [-0.4, -0.2) is 47.3 Å². The molecule has 1 saturated carbocycles. The number of aliphatic hydroxyl groups excluding tert-OH is 1. The van der Waals surface area contributed by atoms with Crippen molar-refractivity contribution in [2.24, 2.45) is 20.0 Å². The van der Waals surface area contributed by atoms with Gasteiger partial charge in [0.15, 0.2) is 5.82 Å². The quantitative estimate of drug-likeness (QED) is 0.469. The van der Waals surface area contributed by atoms with Gasteiger partial charge < -0.3 is 10.4 Å². The molecule has 1 fully saturated rings. The fourth-order valence-corrected chi connectivity index (χ4v) is 4.50. The van der Waals surface area contributed by atoms with Crippen molar-refractivity contribution in [3.05, 3.63) is 55.1 Å². The molecule has 3 aromatic heterocycles. The maximum atomic E-state index is 10.1. The van der Waals surface area contributed by atoms with Gasteiger partial charge in [-0.2, -0.15) is 10.2 Å². The molecular weight excluding hydrogens is 414 g/mol. The maximum Gasteiger partial charge on any atom is 0.161 e. The molecule has 2 atom stereocenters. The van der Waals surface area contributed by atoms with E-state index in [1.54, 1.807) is 9.36 Å². The van der Waals surface area contributed by atoms with Crippen LogP contribution in [0.3, 0.4) is 0 Å². The van der Waals surface area contributed by atoms with Crippen LogP contribution in [0.5, 0.6) is 0 Å². The lowest BCUT2D eigenvalue weighted by Gasteiger charge is -2.26. The lowest BCUT2D eigenvalue weighted by atomic mass is 9.87. The van der Waals surface area contributed by atoms with Crippen LogP contribution in [0.15, 0.2) is 55.1 Å². The molecule has 0 radical (unpaired) electrons. The number of hydrogen-bond acceptors (Lipinski definition) is 6. The van der Waals surface area contributed by atoms with Gasteiger partial charge in [0, 0.05) is 50.4 Å². The van der Waals surface area contributed by atoms with E-state index in [9.17, 15) is 5.11 Å². The molecule has 1 aliphatic rings. The molecule has 3 heterocycles. The molecule has 0 aliphatic heterocycles. The number of anilines is 1. The van der Waals surface area contributed by atoms with E-state index in [1.807, 2.05) is 57.1 Å². The maximum absolute atomic E-state index is 10.1. The van der Waals surface area contributed by atoms with Crippen molar-refractivity contribution in [3.63, 3.8) is 0 Å². The van der Waals surface area contributed by atoms with Gasteiger partial charge in [0.1, 0.15) is 5.82 Å². The van der Waals surface area contributed by atoms with Crippen LogP contribution >= 0.6 is 0 Å². The van der Waals surface area contributed by atoms with E-state index in [0.29, 0.717) is 11.7 Å². The summed E-state index contributed by atoms with van der Waals surface area (Å²) in [6, 6.07) is 10.2. The summed E-state index contributed by atoms with van der Waals surface area (Å²) >= 11 is 0. The minimum atomic E-state index is -0.197. The van der Waals surface area contributed by atoms with Crippen molar-refractivity contribution in [2.75, 3.05) is 11.9 Å². The van der Waals surface area contributed by atoms with Crippen molar-refractivity contribution in [2.45, 2.75) is 31.8 Å². The Morgan fingerprint density at radius 1 is 1.06 bits per heavy atom. The van der Waals surface area contributed by atoms with Crippen molar-refractivity contribution in [1.82, 2.24) is 29.5 Å². The topological polar surface area (TPSA) is 93.7 Å². The van der Waals surface area contributed by atoms with Crippen LogP contribution in [0.4, 0.5) is 5.82 Å². The first kappa shape index (κ1) is 21.3. The average molecular weight is 444 g/mol. The largest absolute Gasteiger partial charge is 0.393 e. The van der Waals surface area contributed by atoms with Gasteiger partial charge >= 0.3 is 0 Å². The molecule has 1 aromatic carbocycles. The zero-order valence-corrected chi connectivity index (χ0v) is 19.0. The third-order valence-corrected chi connectivity index (χ3v) is 6.25. The average Bonchev–Trinajstić information content (AvgIpc) is 3.46. The van der Waals surface area contributed by atoms with Crippen molar-refractivity contribution >= 4 is 5.82 Å². The molecule has 8 heteroatoms. The Morgan fingerprint density at radius 3 is 2.70 bits per heavy atom. The Kier molecular flexibility index (Phi) is 5.92. The first-order valence-corrected chi connectivity index (χ1v) is 11.4. The fraction of sp³-hybridized carbons (Fsp3) is 0.360. The molecule has 170 valence electrons. The summed E-state index contributed by atoms with van der Waals surface area (Å²) in [7, 11) is 3.81. The molecule has 0 saturated heterocycles. The van der Waals surface area contributed by atoms with Gasteiger partial charge in [0.05, 0.1) is 23.6 Å². The fourth-order valence-electron chi connectivity index (χ4n) is 4.50. The summed E-state index contributed by atoms with van der Waals surface area (Å²) in [6.45, 7) is 0.767. The van der Waals surface area contributed by atoms with Gasteiger partial charge in [-0.05, 0) is 42.9 Å². The van der Waals surface area contributed by atoms with Gasteiger partial charge in [0.2, 0.25) is 0 Å². The van der Waals surface area contributed by atoms with Gasteiger partial charge in [-0.3, -0.25) is 9.36 Å². The number of hydrogen-bond donors (Lipinski definition) is 2. The standard InChI is InChI=1S/C25H29N7O/c1-31-10-9-23(30-31)22-15-27-24(29-25(22)26-13-17-5-3-8-21(33)11-17)19-7-4-6-18(12-19)20-14-28-32(2)16-20/h4,6-7,9-10,12,14-17,21,33H,3,5,8,11,13H2,1-2H3,(H,26,27,29). The Balaban J connectivity index is 1.47. The second kappa shape index (κ2) is 9.15. The third kappa shape index (κ3) is 4.80. The molecule has 4 aromatic rings. The lowest BCUT2D eigenvalue weighted by molar-refractivity contribution is 0.104. The Morgan fingerprint density at radius 2 is 1.94 bits per heavy atom. The molecule has 0 amide bonds. The Bertz CT molecular complexity index is 1250. The highest BCUT2D eigenvalue weighted by Gasteiger charge is 2.21. The normalized spacial score (nSPS) is 18.4. The van der Waals surface area contributed by atoms with Crippen LogP contribution < -0.4 is 5.32 Å². The van der Waals surface area contributed by atoms with Crippen LogP contribution in [0.1, 0.15) is 25.7 Å². The summed E-state index contributed by atoms with van der Waals surface area (Å²) in [5.74, 6) is 1.86. The molecule has 8 nitrogen and oxygen atoms in total. The molecule has 0 bridgehead atoms. The molecule has 33 heavy (non-hydrogen) atoms. The molecule has 5 rings (SSSR count). The van der Waals surface area contributed by atoms with Crippen LogP contribution in [0, 0.1) is 5.92 Å². The second-order valence-electron chi connectivity index (χ2n) is 8.88. The number of rotatable bonds is 6. The number of nitrogens with zero attached hydrogens (tertiary/aromatic N) is 6. The van der Waals surface area contributed by atoms with Gasteiger partial charge in [-0.25, -0.2) is 9.97 Å². The third-order valence-electron chi connectivity index (χ3n) is 6.25. The van der Waals surface area contributed by atoms with Gasteiger partial charge in [-0.1, -0.05) is 24.6 Å². The SMILES string of the molecule is Cn1cc(-c2cccc(-c3ncc(-c4ccn(C)n4)c(NCC4CCCC(O)C4)n3)c2)cn1. The van der Waals surface area contributed by atoms with Crippen molar-refractivity contribution in [3.8, 4) is 33.8 Å². The highest BCUT2D eigenvalue weighted by molar-refractivity contribution is 5.75. The van der Waals surface area contributed by atoms with E-state index in [0.717, 1.165) is 66.0 Å². The second-order valence-corrected chi connectivity index (χ2v) is 8.88. The summed E-state index contributed by atoms with van der Waals surface area (Å²) in [5.41, 5.74) is 4.78. The van der Waals surface area contributed by atoms with Gasteiger partial charge in [0.25, 0.3) is 0 Å². The predicted octanol–water partition coefficient (Wildman–Crippen LogP) is 3.91. The van der Waals surface area contributed by atoms with Crippen LogP contribution in [0.25, 0.3) is 33.8 Å². The summed E-state index contributed by atoms with van der Waals surface area (Å²) < 4.78 is 3.58. The number of benzene rings is 1. The van der Waals surface area contributed by atoms with Crippen molar-refractivity contribution in [1.29, 1.82) is 0 Å². The molecule has 2 unspecified atom stereocenters. The van der Waals surface area contributed by atoms with E-state index >= 15 is 0 Å². The zero-order chi connectivity index (χ0) is 22.8. The molecule has 0 spiro atoms. The van der Waals surface area contributed by atoms with E-state index in [4.69, 9.17) is 4.98 Å². The number of nitrogens with one attached hydrogen (secondary N) is 1. The highest BCUT2D eigenvalue weighted by Crippen LogP contribution is 2.30. The molecule has 2 N–H and O–H groups in total. The molecule has 1 aliphatic carbocycles. The van der Waals surface area contributed by atoms with Gasteiger partial charge in [-0.15, -0.1) is 0 Å². The predicted molar refractivity (Wildman–Crippen MR) is 128 cm³/mol. The van der Waals surface area contributed by atoms with E-state index in [-0.39, 0.29) is 6.10 Å². The number of aromatic nitrogens is 6. The minimum Gasteiger partial charge on any atom is -0.393 e. The minimum absolute atomic E-state index is 0.197. The van der Waals surface area contributed by atoms with E-state index in [1.165, 1.54) is 0 Å². The Labute approximate surface area is 193 Å². The smallest absolute Gasteiger partial charge is 0.161 e. The summed E-state index contributed by atoms with van der Waals surface area (Å²) in [4.78, 5) is 9.60. The summed E-state index contributed by atoms with van der Waals surface area (Å²) in [6.07, 6.45) is 11.3. The van der Waals surface area contributed by atoms with Crippen molar-refractivity contribution < 1.29 is 5.11 Å². The van der Waals surface area contributed by atoms with Crippen LogP contribution in [0.2, 0.25) is 0 Å². The lowest BCUT2D eigenvalue weighted by Crippen LogP contribution is -2.25. The first-order valence-electron chi connectivity index (χ1n) is 11.4. The number of aliphatic hydroxyl groups is 1. The monoisotopic (exact) mass is 443 g/mol. The Hall–Kier alpha value is -3.52. The van der Waals surface area contributed by atoms with E-state index in [2.05, 4.69) is 32.6 Å². The van der Waals surface area contributed by atoms with Crippen LogP contribution in [-0.2, 0) is 14.1 Å². The zero-order valence-electron chi connectivity index (χ0n) is 19.0. The summed E-state index contributed by atoms with van der Waals surface area (Å²) in [5, 5.41) is 22.4. The number of aryl methyl sites for hydroxylation is 2.